The van der Waals surface area contributed by atoms with E-state index in [2.05, 4.69) is 14.8 Å². The molecule has 3 saturated heterocycles. The number of fused-ring (bicyclic) bond motifs is 5. The maximum atomic E-state index is 16.7. The lowest BCUT2D eigenvalue weighted by Gasteiger charge is -2.35. The van der Waals surface area contributed by atoms with Crippen molar-refractivity contribution in [1.82, 2.24) is 19.9 Å². The molecule has 4 aromatic rings. The zero-order chi connectivity index (χ0) is 28.4. The molecule has 7 nitrogen and oxygen atoms in total. The molecule has 1 saturated carbocycles. The lowest BCUT2D eigenvalue weighted by molar-refractivity contribution is 0.0644. The smallest absolute Gasteiger partial charge is 0.319 e. The molecular formula is C33H35ClFN5O2. The van der Waals surface area contributed by atoms with Gasteiger partial charge in [-0.1, -0.05) is 41.9 Å². The first-order valence-electron chi connectivity index (χ1n) is 15.3. The van der Waals surface area contributed by atoms with Gasteiger partial charge in [-0.3, -0.25) is 9.88 Å². The fraction of sp³-hybridized carbons (Fsp3) is 0.485. The highest BCUT2D eigenvalue weighted by Gasteiger charge is 2.49. The topological polar surface area (TPSA) is 74.6 Å². The summed E-state index contributed by atoms with van der Waals surface area (Å²) in [5.41, 5.74) is 0.954. The highest BCUT2D eigenvalue weighted by Crippen LogP contribution is 2.44. The average Bonchev–Trinajstić information content (AvgIpc) is 3.68. The van der Waals surface area contributed by atoms with Crippen LogP contribution in [0.15, 0.2) is 42.6 Å². The molecule has 2 aromatic heterocycles. The van der Waals surface area contributed by atoms with E-state index in [9.17, 15) is 5.11 Å². The van der Waals surface area contributed by atoms with E-state index in [1.807, 2.05) is 36.4 Å². The summed E-state index contributed by atoms with van der Waals surface area (Å²) in [6.45, 7) is 3.36. The van der Waals surface area contributed by atoms with Crippen molar-refractivity contribution < 1.29 is 14.2 Å². The number of aliphatic hydroxyl groups is 1. The van der Waals surface area contributed by atoms with E-state index >= 15 is 4.39 Å². The van der Waals surface area contributed by atoms with E-state index in [0.29, 0.717) is 40.2 Å². The van der Waals surface area contributed by atoms with Gasteiger partial charge in [0.2, 0.25) is 0 Å². The Morgan fingerprint density at radius 2 is 1.86 bits per heavy atom. The lowest BCUT2D eigenvalue weighted by Crippen LogP contribution is -2.47. The number of pyridine rings is 1. The first-order valence-corrected chi connectivity index (χ1v) is 15.7. The van der Waals surface area contributed by atoms with E-state index in [-0.39, 0.29) is 35.4 Å². The summed E-state index contributed by atoms with van der Waals surface area (Å²) in [5, 5.41) is 12.8. The minimum absolute atomic E-state index is 0.127. The molecule has 2 bridgehead atoms. The average molecular weight is 588 g/mol. The monoisotopic (exact) mass is 587 g/mol. The zero-order valence-corrected chi connectivity index (χ0v) is 24.4. The van der Waals surface area contributed by atoms with Gasteiger partial charge in [0, 0.05) is 41.3 Å². The Labute approximate surface area is 249 Å². The first-order chi connectivity index (χ1) is 20.5. The number of aliphatic hydroxyl groups excluding tert-OH is 1. The van der Waals surface area contributed by atoms with Gasteiger partial charge in [-0.05, 0) is 74.8 Å². The number of piperidine rings is 1. The van der Waals surface area contributed by atoms with Gasteiger partial charge in [0.25, 0.3) is 0 Å². The van der Waals surface area contributed by atoms with Crippen LogP contribution in [0.25, 0.3) is 32.9 Å². The molecule has 4 atom stereocenters. The van der Waals surface area contributed by atoms with Gasteiger partial charge in [0.15, 0.2) is 5.82 Å². The van der Waals surface area contributed by atoms with Crippen LogP contribution in [0.3, 0.4) is 0 Å². The van der Waals surface area contributed by atoms with Crippen molar-refractivity contribution in [3.05, 3.63) is 53.4 Å². The van der Waals surface area contributed by atoms with Gasteiger partial charge in [0.05, 0.1) is 17.5 Å². The predicted molar refractivity (Wildman–Crippen MR) is 163 cm³/mol. The Hall–Kier alpha value is -3.07. The van der Waals surface area contributed by atoms with Crippen molar-refractivity contribution in [2.45, 2.75) is 56.5 Å². The molecule has 0 radical (unpaired) electrons. The molecule has 3 aliphatic heterocycles. The number of aromatic nitrogens is 3. The van der Waals surface area contributed by atoms with Gasteiger partial charge < -0.3 is 14.7 Å². The molecule has 0 amide bonds. The van der Waals surface area contributed by atoms with Crippen molar-refractivity contribution in [2.75, 3.05) is 37.7 Å². The van der Waals surface area contributed by atoms with Crippen molar-refractivity contribution in [3.63, 3.8) is 0 Å². The van der Waals surface area contributed by atoms with Crippen molar-refractivity contribution >= 4 is 39.1 Å². The van der Waals surface area contributed by atoms with Crippen LogP contribution in [0.1, 0.15) is 44.9 Å². The largest absolute Gasteiger partial charge is 0.461 e. The Kier molecular flexibility index (Phi) is 6.50. The van der Waals surface area contributed by atoms with Crippen molar-refractivity contribution in [2.24, 2.45) is 11.8 Å². The summed E-state index contributed by atoms with van der Waals surface area (Å²) < 4.78 is 23.1. The summed E-state index contributed by atoms with van der Waals surface area (Å²) in [7, 11) is 0. The third kappa shape index (κ3) is 4.25. The molecule has 5 heterocycles. The second-order valence-electron chi connectivity index (χ2n) is 12.8. The Morgan fingerprint density at radius 3 is 2.67 bits per heavy atom. The molecule has 2 aromatic carbocycles. The molecule has 4 fully saturated rings. The van der Waals surface area contributed by atoms with Crippen molar-refractivity contribution in [3.8, 4) is 17.3 Å². The Bertz CT molecular complexity index is 1670. The van der Waals surface area contributed by atoms with Crippen LogP contribution in [0.5, 0.6) is 6.01 Å². The van der Waals surface area contributed by atoms with Gasteiger partial charge >= 0.3 is 6.01 Å². The number of rotatable bonds is 6. The molecule has 42 heavy (non-hydrogen) atoms. The predicted octanol–water partition coefficient (Wildman–Crippen LogP) is 6.24. The van der Waals surface area contributed by atoms with Gasteiger partial charge in [-0.2, -0.15) is 9.97 Å². The second-order valence-corrected chi connectivity index (χ2v) is 13.2. The van der Waals surface area contributed by atoms with E-state index in [1.54, 1.807) is 6.20 Å². The SMILES string of the molecule is OCC1CCC2(COc3nc(N4CC5CCC(C5)C4)c4cnc(-c5cccc6cccc(Cl)c56)c(F)c4n3)CCCN12. The summed E-state index contributed by atoms with van der Waals surface area (Å²) in [5.74, 6) is 1.48. The van der Waals surface area contributed by atoms with Crippen LogP contribution < -0.4 is 9.64 Å². The number of hydrogen-bond donors (Lipinski definition) is 1. The summed E-state index contributed by atoms with van der Waals surface area (Å²) in [6, 6.07) is 11.8. The molecule has 9 heteroatoms. The van der Waals surface area contributed by atoms with Crippen LogP contribution in [-0.2, 0) is 0 Å². The van der Waals surface area contributed by atoms with Crippen molar-refractivity contribution in [1.29, 1.82) is 0 Å². The Morgan fingerprint density at radius 1 is 1.05 bits per heavy atom. The number of halogens is 2. The molecule has 4 aliphatic rings. The highest BCUT2D eigenvalue weighted by atomic mass is 35.5. The fourth-order valence-electron chi connectivity index (χ4n) is 8.39. The maximum Gasteiger partial charge on any atom is 0.319 e. The zero-order valence-electron chi connectivity index (χ0n) is 23.6. The second kappa shape index (κ2) is 10.3. The Balaban J connectivity index is 1.23. The van der Waals surface area contributed by atoms with Gasteiger partial charge in [-0.25, -0.2) is 4.39 Å². The van der Waals surface area contributed by atoms with E-state index in [0.717, 1.165) is 56.1 Å². The summed E-state index contributed by atoms with van der Waals surface area (Å²) in [4.78, 5) is 19.0. The third-order valence-corrected chi connectivity index (χ3v) is 10.7. The standard InChI is InChI=1S/C33H35ClFN5O2/c34-26-7-2-5-22-4-1-6-24(27(22)26)29-28(35)30-25(15-36-29)31(39-16-20-8-9-21(14-20)17-39)38-32(37-30)42-19-33-11-3-13-40(33)23(18-41)10-12-33/h1-2,4-7,15,20-21,23,41H,3,8-14,16-19H2. The lowest BCUT2D eigenvalue weighted by atomic mass is 9.95. The molecule has 0 spiro atoms. The van der Waals surface area contributed by atoms with Crippen LogP contribution in [-0.4, -0.2) is 69.4 Å². The summed E-state index contributed by atoms with van der Waals surface area (Å²) >= 11 is 6.61. The minimum atomic E-state index is -0.490. The van der Waals surface area contributed by atoms with Gasteiger partial charge in [-0.15, -0.1) is 0 Å². The van der Waals surface area contributed by atoms with Crippen LogP contribution in [0, 0.1) is 17.7 Å². The van der Waals surface area contributed by atoms with E-state index in [1.165, 1.54) is 19.3 Å². The van der Waals surface area contributed by atoms with Gasteiger partial charge in [0.1, 0.15) is 23.6 Å². The van der Waals surface area contributed by atoms with Crippen LogP contribution in [0.4, 0.5) is 10.2 Å². The molecule has 8 rings (SSSR count). The number of hydrogen-bond acceptors (Lipinski definition) is 7. The fourth-order valence-corrected chi connectivity index (χ4v) is 8.68. The number of ether oxygens (including phenoxy) is 1. The summed E-state index contributed by atoms with van der Waals surface area (Å²) in [6.07, 6.45) is 9.47. The van der Waals surface area contributed by atoms with Crippen LogP contribution >= 0.6 is 11.6 Å². The number of benzene rings is 2. The number of anilines is 1. The highest BCUT2D eigenvalue weighted by molar-refractivity contribution is 6.36. The third-order valence-electron chi connectivity index (χ3n) is 10.4. The molecular weight excluding hydrogens is 553 g/mol. The minimum Gasteiger partial charge on any atom is -0.461 e. The molecule has 1 N–H and O–H groups in total. The normalized spacial score (nSPS) is 27.3. The quantitative estimate of drug-likeness (QED) is 0.286. The number of nitrogens with zero attached hydrogens (tertiary/aromatic N) is 5. The van der Waals surface area contributed by atoms with Crippen LogP contribution in [0.2, 0.25) is 5.02 Å². The first kappa shape index (κ1) is 26.5. The molecule has 1 aliphatic carbocycles. The maximum absolute atomic E-state index is 16.7. The molecule has 4 unspecified atom stereocenters. The van der Waals surface area contributed by atoms with E-state index < -0.39 is 5.82 Å². The van der Waals surface area contributed by atoms with E-state index in [4.69, 9.17) is 26.3 Å². The molecule has 218 valence electrons.